The molecule has 0 aliphatic rings. The van der Waals surface area contributed by atoms with Crippen molar-refractivity contribution in [3.63, 3.8) is 0 Å². The van der Waals surface area contributed by atoms with Crippen LogP contribution in [0, 0.1) is 23.3 Å². The molecule has 0 saturated heterocycles. The van der Waals surface area contributed by atoms with Crippen LogP contribution < -0.4 is 0 Å². The molecule has 0 unspecified atom stereocenters. The Hall–Kier alpha value is -1.65. The lowest BCUT2D eigenvalue weighted by molar-refractivity contribution is 0.111. The highest BCUT2D eigenvalue weighted by molar-refractivity contribution is 5.77. The first-order valence-electron chi connectivity index (χ1n) is 3.98. The predicted octanol–water partition coefficient (Wildman–Crippen LogP) is 3.09. The Labute approximate surface area is 83.0 Å². The predicted molar refractivity (Wildman–Crippen MR) is 46.4 cm³/mol. The molecule has 0 aliphatic heterocycles. The van der Waals surface area contributed by atoms with Crippen LogP contribution in [0.5, 0.6) is 0 Å². The van der Waals surface area contributed by atoms with Gasteiger partial charge in [-0.05, 0) is 6.92 Å². The van der Waals surface area contributed by atoms with Crippen molar-refractivity contribution in [2.24, 2.45) is 0 Å². The third-order valence-corrected chi connectivity index (χ3v) is 1.78. The van der Waals surface area contributed by atoms with E-state index >= 15 is 0 Å². The summed E-state index contributed by atoms with van der Waals surface area (Å²) in [6.45, 7) is 1.45. The molecular weight excluding hydrogens is 212 g/mol. The van der Waals surface area contributed by atoms with Crippen molar-refractivity contribution >= 4 is 12.4 Å². The number of carbonyl (C=O) groups is 1. The van der Waals surface area contributed by atoms with Crippen molar-refractivity contribution < 1.29 is 22.4 Å². The quantitative estimate of drug-likeness (QED) is 0.322. The Morgan fingerprint density at radius 1 is 0.867 bits per heavy atom. The van der Waals surface area contributed by atoms with Crippen molar-refractivity contribution in [3.05, 3.63) is 40.5 Å². The van der Waals surface area contributed by atoms with Crippen LogP contribution in [0.4, 0.5) is 17.6 Å². The first-order chi connectivity index (χ1) is 7.04. The molecule has 1 aromatic carbocycles. The molecule has 1 rings (SSSR count). The van der Waals surface area contributed by atoms with E-state index in [4.69, 9.17) is 0 Å². The van der Waals surface area contributed by atoms with Gasteiger partial charge in [-0.25, -0.2) is 17.6 Å². The topological polar surface area (TPSA) is 17.1 Å². The molecule has 0 atom stereocenters. The zero-order valence-electron chi connectivity index (χ0n) is 7.65. The Kier molecular flexibility index (Phi) is 3.24. The second-order valence-corrected chi connectivity index (χ2v) is 2.70. The Morgan fingerprint density at radius 2 is 1.40 bits per heavy atom. The molecule has 0 heterocycles. The molecule has 0 aromatic heterocycles. The van der Waals surface area contributed by atoms with Gasteiger partial charge in [-0.3, -0.25) is 4.79 Å². The van der Waals surface area contributed by atoms with Gasteiger partial charge in [0.1, 0.15) is 5.82 Å². The number of allylic oxidation sites excluding steroid dienone is 1. The summed E-state index contributed by atoms with van der Waals surface area (Å²) in [7, 11) is 0. The average Bonchev–Trinajstić information content (AvgIpc) is 2.22. The van der Waals surface area contributed by atoms with Crippen molar-refractivity contribution in [1.82, 2.24) is 0 Å². The lowest BCUT2D eigenvalue weighted by atomic mass is 10.1. The summed E-state index contributed by atoms with van der Waals surface area (Å²) in [6.07, 6.45) is 1.97. The number of hydrogen-bond donors (Lipinski definition) is 0. The molecule has 0 amide bonds. The summed E-state index contributed by atoms with van der Waals surface area (Å²) in [5.41, 5.74) is -1.87. The fraction of sp³-hybridized carbons (Fsp3) is 0.100. The van der Waals surface area contributed by atoms with E-state index in [-0.39, 0.29) is 6.29 Å². The lowest BCUT2D eigenvalue weighted by Crippen LogP contribution is -2.05. The van der Waals surface area contributed by atoms with Crippen LogP contribution in [0.25, 0.3) is 6.08 Å². The first-order valence-corrected chi connectivity index (χ1v) is 3.98. The van der Waals surface area contributed by atoms with Gasteiger partial charge in [-0.1, -0.05) is 12.2 Å². The second-order valence-electron chi connectivity index (χ2n) is 2.70. The van der Waals surface area contributed by atoms with E-state index < -0.39 is 34.4 Å². The SMILES string of the molecule is C/C=C/c1c(F)c(F)c(F)c(C=O)c1F. The molecule has 0 N–H and O–H groups in total. The molecular formula is C10H6F4O. The lowest BCUT2D eigenvalue weighted by Gasteiger charge is -2.05. The Morgan fingerprint density at radius 3 is 1.87 bits per heavy atom. The van der Waals surface area contributed by atoms with E-state index in [1.165, 1.54) is 13.0 Å². The van der Waals surface area contributed by atoms with Crippen LogP contribution in [0.1, 0.15) is 22.8 Å². The molecule has 0 aliphatic carbocycles. The first kappa shape index (κ1) is 11.4. The number of rotatable bonds is 2. The number of carbonyl (C=O) groups excluding carboxylic acids is 1. The van der Waals surface area contributed by atoms with Gasteiger partial charge >= 0.3 is 0 Å². The Bertz CT molecular complexity index is 438. The van der Waals surface area contributed by atoms with Gasteiger partial charge in [0.05, 0.1) is 5.56 Å². The normalized spacial score (nSPS) is 11.0. The molecule has 0 fully saturated rings. The van der Waals surface area contributed by atoms with Crippen LogP contribution in [-0.4, -0.2) is 6.29 Å². The molecule has 0 saturated carbocycles. The zero-order valence-corrected chi connectivity index (χ0v) is 7.65. The third-order valence-electron chi connectivity index (χ3n) is 1.78. The van der Waals surface area contributed by atoms with Crippen molar-refractivity contribution in [1.29, 1.82) is 0 Å². The monoisotopic (exact) mass is 218 g/mol. The van der Waals surface area contributed by atoms with E-state index in [0.717, 1.165) is 6.08 Å². The molecule has 1 nitrogen and oxygen atoms in total. The van der Waals surface area contributed by atoms with Gasteiger partial charge in [-0.15, -0.1) is 0 Å². The van der Waals surface area contributed by atoms with Crippen molar-refractivity contribution in [2.75, 3.05) is 0 Å². The minimum absolute atomic E-state index is 0.194. The molecule has 80 valence electrons. The van der Waals surface area contributed by atoms with Crippen LogP contribution in [-0.2, 0) is 0 Å². The molecule has 15 heavy (non-hydrogen) atoms. The van der Waals surface area contributed by atoms with Crippen molar-refractivity contribution in [3.8, 4) is 0 Å². The van der Waals surface area contributed by atoms with E-state index in [0.29, 0.717) is 0 Å². The van der Waals surface area contributed by atoms with E-state index in [2.05, 4.69) is 0 Å². The number of halogens is 4. The smallest absolute Gasteiger partial charge is 0.195 e. The number of aldehydes is 1. The van der Waals surface area contributed by atoms with Crippen LogP contribution >= 0.6 is 0 Å². The maximum Gasteiger partial charge on any atom is 0.195 e. The molecule has 0 radical (unpaired) electrons. The highest BCUT2D eigenvalue weighted by Crippen LogP contribution is 2.23. The van der Waals surface area contributed by atoms with Gasteiger partial charge in [0, 0.05) is 5.56 Å². The zero-order chi connectivity index (χ0) is 11.6. The fourth-order valence-electron chi connectivity index (χ4n) is 1.09. The van der Waals surface area contributed by atoms with Crippen molar-refractivity contribution in [2.45, 2.75) is 6.92 Å². The summed E-state index contributed by atoms with van der Waals surface area (Å²) in [5.74, 6) is -6.71. The van der Waals surface area contributed by atoms with Gasteiger partial charge < -0.3 is 0 Å². The van der Waals surface area contributed by atoms with Gasteiger partial charge in [0.15, 0.2) is 23.7 Å². The van der Waals surface area contributed by atoms with Crippen LogP contribution in [0.3, 0.4) is 0 Å². The third kappa shape index (κ3) is 1.77. The highest BCUT2D eigenvalue weighted by Gasteiger charge is 2.23. The number of hydrogen-bond acceptors (Lipinski definition) is 1. The maximum atomic E-state index is 13.2. The minimum Gasteiger partial charge on any atom is -0.298 e. The standard InChI is InChI=1S/C10H6F4O/c1-2-3-5-7(11)6(4-15)9(13)10(14)8(5)12/h2-4H,1H3/b3-2+. The maximum absolute atomic E-state index is 13.2. The van der Waals surface area contributed by atoms with E-state index in [9.17, 15) is 22.4 Å². The molecule has 1 aromatic rings. The van der Waals surface area contributed by atoms with Crippen LogP contribution in [0.2, 0.25) is 0 Å². The second kappa shape index (κ2) is 4.25. The summed E-state index contributed by atoms with van der Waals surface area (Å²) >= 11 is 0. The highest BCUT2D eigenvalue weighted by atomic mass is 19.2. The average molecular weight is 218 g/mol. The van der Waals surface area contributed by atoms with Crippen LogP contribution in [0.15, 0.2) is 6.08 Å². The van der Waals surface area contributed by atoms with Gasteiger partial charge in [0.25, 0.3) is 0 Å². The van der Waals surface area contributed by atoms with E-state index in [1.54, 1.807) is 0 Å². The van der Waals surface area contributed by atoms with E-state index in [1.807, 2.05) is 0 Å². The summed E-state index contributed by atoms with van der Waals surface area (Å²) < 4.78 is 51.9. The summed E-state index contributed by atoms with van der Waals surface area (Å²) in [5, 5.41) is 0. The van der Waals surface area contributed by atoms with Gasteiger partial charge in [0.2, 0.25) is 0 Å². The molecule has 0 spiro atoms. The van der Waals surface area contributed by atoms with Gasteiger partial charge in [-0.2, -0.15) is 0 Å². The number of benzene rings is 1. The largest absolute Gasteiger partial charge is 0.298 e. The fourth-order valence-corrected chi connectivity index (χ4v) is 1.09. The minimum atomic E-state index is -1.86. The Balaban J connectivity index is 3.67. The molecule has 5 heteroatoms. The summed E-state index contributed by atoms with van der Waals surface area (Å²) in [4.78, 5) is 10.3. The summed E-state index contributed by atoms with van der Waals surface area (Å²) in [6, 6.07) is 0. The molecule has 0 bridgehead atoms.